The van der Waals surface area contributed by atoms with Crippen LogP contribution in [0.5, 0.6) is 0 Å². The number of ketones is 1. The molecule has 0 aliphatic rings. The third-order valence-electron chi connectivity index (χ3n) is 1.99. The summed E-state index contributed by atoms with van der Waals surface area (Å²) >= 11 is 5.70. The number of hydrogen-bond donors (Lipinski definition) is 1. The third-order valence-corrected chi connectivity index (χ3v) is 2.24. The van der Waals surface area contributed by atoms with E-state index < -0.39 is 0 Å². The summed E-state index contributed by atoms with van der Waals surface area (Å²) in [5.41, 5.74) is 4.46. The first kappa shape index (κ1) is 10.2. The van der Waals surface area contributed by atoms with Crippen molar-refractivity contribution in [2.75, 3.05) is 0 Å². The molecule has 0 aromatic heterocycles. The van der Waals surface area contributed by atoms with Gasteiger partial charge in [-0.3, -0.25) is 4.79 Å². The van der Waals surface area contributed by atoms with Crippen LogP contribution < -0.4 is 5.73 Å². The molecule has 0 bridgehead atoms. The lowest BCUT2D eigenvalue weighted by atomic mass is 10.0. The zero-order chi connectivity index (χ0) is 9.84. The van der Waals surface area contributed by atoms with E-state index in [2.05, 4.69) is 5.73 Å². The Hall–Kier alpha value is -0.860. The molecule has 0 aliphatic carbocycles. The lowest BCUT2D eigenvalue weighted by molar-refractivity contribution is -0.399. The fourth-order valence-corrected chi connectivity index (χ4v) is 1.16. The first-order valence-corrected chi connectivity index (χ1v) is 4.65. The van der Waals surface area contributed by atoms with Crippen molar-refractivity contribution in [1.29, 1.82) is 0 Å². The van der Waals surface area contributed by atoms with Crippen LogP contribution in [0.15, 0.2) is 24.3 Å². The molecule has 3 heteroatoms. The first-order valence-electron chi connectivity index (χ1n) is 4.28. The van der Waals surface area contributed by atoms with Crippen LogP contribution in [0.4, 0.5) is 0 Å². The van der Waals surface area contributed by atoms with E-state index in [0.717, 1.165) is 6.42 Å². The summed E-state index contributed by atoms with van der Waals surface area (Å²) in [5.74, 6) is 0.0826. The van der Waals surface area contributed by atoms with E-state index in [4.69, 9.17) is 11.6 Å². The van der Waals surface area contributed by atoms with Crippen molar-refractivity contribution in [2.24, 2.45) is 0 Å². The highest BCUT2D eigenvalue weighted by Crippen LogP contribution is 2.10. The predicted molar refractivity (Wildman–Crippen MR) is 52.7 cm³/mol. The average Bonchev–Trinajstić information content (AvgIpc) is 2.17. The molecular weight excluding hydrogens is 186 g/mol. The number of hydrogen-bond acceptors (Lipinski definition) is 1. The summed E-state index contributed by atoms with van der Waals surface area (Å²) in [6, 6.07) is 6.76. The molecule has 0 saturated carbocycles. The zero-order valence-corrected chi connectivity index (χ0v) is 8.34. The Morgan fingerprint density at radius 2 is 2.00 bits per heavy atom. The molecule has 3 N–H and O–H groups in total. The van der Waals surface area contributed by atoms with Gasteiger partial charge in [-0.05, 0) is 24.3 Å². The van der Waals surface area contributed by atoms with Gasteiger partial charge in [-0.1, -0.05) is 18.5 Å². The van der Waals surface area contributed by atoms with E-state index in [1.165, 1.54) is 0 Å². The van der Waals surface area contributed by atoms with Gasteiger partial charge >= 0.3 is 0 Å². The van der Waals surface area contributed by atoms with Gasteiger partial charge in [0.05, 0.1) is 0 Å². The number of benzene rings is 1. The molecule has 1 rings (SSSR count). The minimum Gasteiger partial charge on any atom is -0.349 e. The zero-order valence-electron chi connectivity index (χ0n) is 7.59. The standard InChI is InChI=1S/C10H12ClNO/c1-2-9(12)10(13)7-3-5-8(11)6-4-7/h3-6,9H,2,12H2,1H3/p+1/t9-/m0/s1. The van der Waals surface area contributed by atoms with Gasteiger partial charge in [0.15, 0.2) is 0 Å². The fourth-order valence-electron chi connectivity index (χ4n) is 1.04. The molecule has 0 aliphatic heterocycles. The summed E-state index contributed by atoms with van der Waals surface area (Å²) in [5, 5.41) is 0.647. The maximum Gasteiger partial charge on any atom is 0.219 e. The maximum atomic E-state index is 11.6. The van der Waals surface area contributed by atoms with Gasteiger partial charge in [0.1, 0.15) is 6.04 Å². The summed E-state index contributed by atoms with van der Waals surface area (Å²) in [7, 11) is 0. The number of halogens is 1. The van der Waals surface area contributed by atoms with Crippen LogP contribution in [0.2, 0.25) is 5.02 Å². The van der Waals surface area contributed by atoms with E-state index in [-0.39, 0.29) is 11.8 Å². The van der Waals surface area contributed by atoms with E-state index in [0.29, 0.717) is 10.6 Å². The Morgan fingerprint density at radius 3 is 2.46 bits per heavy atom. The van der Waals surface area contributed by atoms with Crippen molar-refractivity contribution in [3.8, 4) is 0 Å². The van der Waals surface area contributed by atoms with Crippen LogP contribution >= 0.6 is 11.6 Å². The molecule has 0 amide bonds. The molecule has 13 heavy (non-hydrogen) atoms. The first-order chi connectivity index (χ1) is 6.15. The van der Waals surface area contributed by atoms with Gasteiger partial charge < -0.3 is 5.73 Å². The Balaban J connectivity index is 2.83. The normalized spacial score (nSPS) is 12.5. The molecule has 2 nitrogen and oxygen atoms in total. The van der Waals surface area contributed by atoms with Gasteiger partial charge in [-0.2, -0.15) is 0 Å². The molecule has 0 fully saturated rings. The van der Waals surface area contributed by atoms with E-state index in [1.807, 2.05) is 6.92 Å². The Kier molecular flexibility index (Phi) is 3.46. The topological polar surface area (TPSA) is 44.7 Å². The summed E-state index contributed by atoms with van der Waals surface area (Å²) < 4.78 is 0. The van der Waals surface area contributed by atoms with Gasteiger partial charge in [-0.25, -0.2) is 0 Å². The SMILES string of the molecule is CC[C@H]([NH3+])C(=O)c1ccc(Cl)cc1. The van der Waals surface area contributed by atoms with Gasteiger partial charge in [0.2, 0.25) is 5.78 Å². The van der Waals surface area contributed by atoms with E-state index in [1.54, 1.807) is 24.3 Å². The van der Waals surface area contributed by atoms with Crippen LogP contribution in [0.1, 0.15) is 23.7 Å². The molecule has 0 saturated heterocycles. The maximum absolute atomic E-state index is 11.6. The Bertz CT molecular complexity index is 294. The minimum absolute atomic E-state index is 0.0826. The third kappa shape index (κ3) is 2.54. The molecule has 0 spiro atoms. The second-order valence-electron chi connectivity index (χ2n) is 2.98. The molecule has 0 unspecified atom stereocenters. The minimum atomic E-state index is -0.152. The van der Waals surface area contributed by atoms with Crippen LogP contribution in [-0.2, 0) is 0 Å². The van der Waals surface area contributed by atoms with E-state index in [9.17, 15) is 4.79 Å². The molecule has 1 aromatic carbocycles. The van der Waals surface area contributed by atoms with Crippen molar-refractivity contribution < 1.29 is 10.5 Å². The summed E-state index contributed by atoms with van der Waals surface area (Å²) in [6.45, 7) is 1.95. The van der Waals surface area contributed by atoms with Gasteiger partial charge in [-0.15, -0.1) is 0 Å². The number of quaternary nitrogens is 1. The summed E-state index contributed by atoms with van der Waals surface area (Å²) in [4.78, 5) is 11.6. The van der Waals surface area contributed by atoms with Crippen LogP contribution in [0, 0.1) is 0 Å². The summed E-state index contributed by atoms with van der Waals surface area (Å²) in [6.07, 6.45) is 0.765. The van der Waals surface area contributed by atoms with E-state index >= 15 is 0 Å². The lowest BCUT2D eigenvalue weighted by Crippen LogP contribution is -2.64. The lowest BCUT2D eigenvalue weighted by Gasteiger charge is -2.03. The van der Waals surface area contributed by atoms with Gasteiger partial charge in [0, 0.05) is 17.0 Å². The highest BCUT2D eigenvalue weighted by atomic mass is 35.5. The molecule has 70 valence electrons. The fraction of sp³-hybridized carbons (Fsp3) is 0.300. The highest BCUT2D eigenvalue weighted by Gasteiger charge is 2.16. The van der Waals surface area contributed by atoms with Crippen molar-refractivity contribution in [2.45, 2.75) is 19.4 Å². The number of carbonyl (C=O) groups excluding carboxylic acids is 1. The quantitative estimate of drug-likeness (QED) is 0.736. The molecule has 1 atom stereocenters. The molecular formula is C10H13ClNO+. The van der Waals surface area contributed by atoms with Crippen LogP contribution in [0.3, 0.4) is 0 Å². The van der Waals surface area contributed by atoms with Crippen LogP contribution in [-0.4, -0.2) is 11.8 Å². The molecule has 0 radical (unpaired) electrons. The van der Waals surface area contributed by atoms with Crippen molar-refractivity contribution >= 4 is 17.4 Å². The largest absolute Gasteiger partial charge is 0.349 e. The number of rotatable bonds is 3. The van der Waals surface area contributed by atoms with Crippen molar-refractivity contribution in [1.82, 2.24) is 0 Å². The van der Waals surface area contributed by atoms with Crippen molar-refractivity contribution in [3.63, 3.8) is 0 Å². The second kappa shape index (κ2) is 4.40. The van der Waals surface area contributed by atoms with Crippen molar-refractivity contribution in [3.05, 3.63) is 34.9 Å². The molecule has 0 heterocycles. The van der Waals surface area contributed by atoms with Gasteiger partial charge in [0.25, 0.3) is 0 Å². The number of carbonyl (C=O) groups is 1. The highest BCUT2D eigenvalue weighted by molar-refractivity contribution is 6.30. The Morgan fingerprint density at radius 1 is 1.46 bits per heavy atom. The predicted octanol–water partition coefficient (Wildman–Crippen LogP) is 1.54. The molecule has 1 aromatic rings. The second-order valence-corrected chi connectivity index (χ2v) is 3.41. The average molecular weight is 199 g/mol. The Labute approximate surface area is 82.7 Å². The van der Waals surface area contributed by atoms with Crippen LogP contribution in [0.25, 0.3) is 0 Å². The monoisotopic (exact) mass is 198 g/mol. The number of Topliss-reactive ketones (excluding diaryl/α,β-unsaturated/α-hetero) is 1. The smallest absolute Gasteiger partial charge is 0.219 e.